The molecule has 1 atom stereocenters. The first-order valence-electron chi connectivity index (χ1n) is 9.14. The van der Waals surface area contributed by atoms with E-state index in [1.165, 1.54) is 6.42 Å². The smallest absolute Gasteiger partial charge is 0.168 e. The van der Waals surface area contributed by atoms with Crippen LogP contribution in [0.25, 0.3) is 0 Å². The average Bonchev–Trinajstić information content (AvgIpc) is 3.18. The minimum atomic E-state index is -0.268. The first-order chi connectivity index (χ1) is 11.2. The van der Waals surface area contributed by atoms with Gasteiger partial charge in [-0.2, -0.15) is 5.10 Å². The van der Waals surface area contributed by atoms with Gasteiger partial charge >= 0.3 is 0 Å². The minimum Gasteiger partial charge on any atom is -0.348 e. The number of aryl methyl sites for hydroxylation is 1. The van der Waals surface area contributed by atoms with Crippen LogP contribution in [0, 0.1) is 0 Å². The van der Waals surface area contributed by atoms with Crippen LogP contribution in [0.2, 0.25) is 0 Å². The summed E-state index contributed by atoms with van der Waals surface area (Å²) < 4.78 is 13.8. The van der Waals surface area contributed by atoms with E-state index in [0.29, 0.717) is 18.0 Å². The van der Waals surface area contributed by atoms with Crippen molar-refractivity contribution >= 4 is 0 Å². The maximum absolute atomic E-state index is 5.83. The number of hydrogen-bond acceptors (Lipinski definition) is 5. The summed E-state index contributed by atoms with van der Waals surface area (Å²) in [4.78, 5) is 4.81. The molecular formula is C17H28N4O2. The van der Waals surface area contributed by atoms with Gasteiger partial charge in [-0.3, -0.25) is 0 Å². The third-order valence-corrected chi connectivity index (χ3v) is 5.41. The highest BCUT2D eigenvalue weighted by atomic mass is 16.7. The van der Waals surface area contributed by atoms with Crippen molar-refractivity contribution in [1.82, 2.24) is 20.1 Å². The summed E-state index contributed by atoms with van der Waals surface area (Å²) in [6.07, 6.45) is 6.56. The van der Waals surface area contributed by atoms with E-state index >= 15 is 0 Å². The number of ether oxygens (including phenoxy) is 2. The lowest BCUT2D eigenvalue weighted by atomic mass is 9.89. The molecule has 1 N–H and O–H groups in total. The molecule has 6 heteroatoms. The van der Waals surface area contributed by atoms with Crippen LogP contribution >= 0.6 is 0 Å². The Hall–Kier alpha value is -0.980. The fraction of sp³-hybridized carbons (Fsp3) is 0.882. The Balaban J connectivity index is 1.40. The van der Waals surface area contributed by atoms with Crippen molar-refractivity contribution in [2.24, 2.45) is 0 Å². The van der Waals surface area contributed by atoms with Crippen molar-refractivity contribution in [2.45, 2.75) is 82.7 Å². The van der Waals surface area contributed by atoms with E-state index in [9.17, 15) is 0 Å². The molecule has 3 aliphatic rings. The molecule has 2 aliphatic heterocycles. The topological polar surface area (TPSA) is 61.2 Å². The molecule has 23 heavy (non-hydrogen) atoms. The summed E-state index contributed by atoms with van der Waals surface area (Å²) >= 11 is 0. The molecule has 0 bridgehead atoms. The van der Waals surface area contributed by atoms with Crippen molar-refractivity contribution in [3.05, 3.63) is 11.6 Å². The van der Waals surface area contributed by atoms with Gasteiger partial charge in [0.15, 0.2) is 11.6 Å². The van der Waals surface area contributed by atoms with Gasteiger partial charge in [-0.05, 0) is 25.7 Å². The summed E-state index contributed by atoms with van der Waals surface area (Å²) in [5, 5.41) is 8.52. The normalized spacial score (nSPS) is 27.7. The highest BCUT2D eigenvalue weighted by Crippen LogP contribution is 2.37. The zero-order valence-electron chi connectivity index (χ0n) is 14.3. The number of aromatic nitrogens is 3. The maximum Gasteiger partial charge on any atom is 0.168 e. The van der Waals surface area contributed by atoms with Crippen LogP contribution < -0.4 is 5.32 Å². The third-order valence-electron chi connectivity index (χ3n) is 5.41. The van der Waals surface area contributed by atoms with Crippen molar-refractivity contribution < 1.29 is 9.47 Å². The van der Waals surface area contributed by atoms with E-state index in [0.717, 1.165) is 63.5 Å². The van der Waals surface area contributed by atoms with Crippen LogP contribution in [0.4, 0.5) is 0 Å². The van der Waals surface area contributed by atoms with Crippen LogP contribution in [0.5, 0.6) is 0 Å². The zero-order valence-corrected chi connectivity index (χ0v) is 14.3. The van der Waals surface area contributed by atoms with E-state index in [-0.39, 0.29) is 5.79 Å². The second-order valence-electron chi connectivity index (χ2n) is 7.45. The molecular weight excluding hydrogens is 292 g/mol. The third kappa shape index (κ3) is 3.04. The largest absolute Gasteiger partial charge is 0.348 e. The lowest BCUT2D eigenvalue weighted by Crippen LogP contribution is -2.44. The fourth-order valence-corrected chi connectivity index (χ4v) is 4.07. The van der Waals surface area contributed by atoms with Gasteiger partial charge in [-0.25, -0.2) is 9.67 Å². The molecule has 1 aromatic rings. The second kappa shape index (κ2) is 6.15. The van der Waals surface area contributed by atoms with Gasteiger partial charge in [0, 0.05) is 31.3 Å². The number of nitrogens with one attached hydrogen (secondary N) is 1. The number of nitrogens with zero attached hydrogens (tertiary/aromatic N) is 3. The van der Waals surface area contributed by atoms with Gasteiger partial charge in [0.05, 0.1) is 19.3 Å². The van der Waals surface area contributed by atoms with E-state index in [4.69, 9.17) is 14.5 Å². The van der Waals surface area contributed by atoms with Gasteiger partial charge in [0.2, 0.25) is 0 Å². The minimum absolute atomic E-state index is 0.268. The summed E-state index contributed by atoms with van der Waals surface area (Å²) in [5.41, 5.74) is 0. The lowest BCUT2D eigenvalue weighted by molar-refractivity contribution is -0.179. The van der Waals surface area contributed by atoms with E-state index in [1.54, 1.807) is 0 Å². The molecule has 4 rings (SSSR count). The predicted octanol–water partition coefficient (Wildman–Crippen LogP) is 2.51. The molecule has 1 aromatic heterocycles. The Morgan fingerprint density at radius 1 is 1.17 bits per heavy atom. The molecule has 128 valence electrons. The Bertz CT molecular complexity index is 541. The summed E-state index contributed by atoms with van der Waals surface area (Å²) in [6, 6.07) is 0.873. The molecule has 1 spiro atoms. The predicted molar refractivity (Wildman–Crippen MR) is 86.1 cm³/mol. The van der Waals surface area contributed by atoms with Crippen molar-refractivity contribution in [2.75, 3.05) is 13.2 Å². The number of fused-ring (bicyclic) bond motifs is 1. The van der Waals surface area contributed by atoms with E-state index in [1.807, 2.05) is 0 Å². The quantitative estimate of drug-likeness (QED) is 0.927. The molecule has 0 unspecified atom stereocenters. The molecule has 6 nitrogen and oxygen atoms in total. The average molecular weight is 320 g/mol. The standard InChI is InChI=1S/C17H28N4O2/c1-12(2)15-19-16-14(4-3-9-21(16)20-15)18-13-5-7-17(8-6-13)22-10-11-23-17/h12-14,18H,3-11H2,1-2H3/t14-/m0/s1. The van der Waals surface area contributed by atoms with Crippen LogP contribution in [-0.2, 0) is 16.0 Å². The summed E-state index contributed by atoms with van der Waals surface area (Å²) in [6.45, 7) is 6.82. The van der Waals surface area contributed by atoms with Gasteiger partial charge in [0.25, 0.3) is 0 Å². The molecule has 1 aliphatic carbocycles. The molecule has 0 aromatic carbocycles. The summed E-state index contributed by atoms with van der Waals surface area (Å²) in [5.74, 6) is 2.23. The molecule has 0 amide bonds. The van der Waals surface area contributed by atoms with Gasteiger partial charge in [0.1, 0.15) is 5.82 Å². The number of rotatable bonds is 3. The lowest BCUT2D eigenvalue weighted by Gasteiger charge is -2.37. The maximum atomic E-state index is 5.83. The Kier molecular flexibility index (Phi) is 4.15. The molecule has 1 saturated carbocycles. The van der Waals surface area contributed by atoms with Crippen LogP contribution in [0.3, 0.4) is 0 Å². The highest BCUT2D eigenvalue weighted by Gasteiger charge is 2.41. The van der Waals surface area contributed by atoms with Crippen molar-refractivity contribution in [3.63, 3.8) is 0 Å². The molecule has 0 radical (unpaired) electrons. The van der Waals surface area contributed by atoms with Crippen molar-refractivity contribution in [3.8, 4) is 0 Å². The SMILES string of the molecule is CC(C)c1nc2n(n1)CCC[C@@H]2NC1CCC2(CC1)OCCO2. The fourth-order valence-electron chi connectivity index (χ4n) is 4.07. The first kappa shape index (κ1) is 15.5. The van der Waals surface area contributed by atoms with Gasteiger partial charge < -0.3 is 14.8 Å². The van der Waals surface area contributed by atoms with Crippen LogP contribution in [0.1, 0.15) is 76.0 Å². The van der Waals surface area contributed by atoms with Crippen LogP contribution in [-0.4, -0.2) is 39.8 Å². The van der Waals surface area contributed by atoms with Gasteiger partial charge in [-0.1, -0.05) is 13.8 Å². The monoisotopic (exact) mass is 320 g/mol. The van der Waals surface area contributed by atoms with Crippen LogP contribution in [0.15, 0.2) is 0 Å². The van der Waals surface area contributed by atoms with Gasteiger partial charge in [-0.15, -0.1) is 0 Å². The molecule has 1 saturated heterocycles. The zero-order chi connectivity index (χ0) is 15.9. The first-order valence-corrected chi connectivity index (χ1v) is 9.14. The van der Waals surface area contributed by atoms with Crippen molar-refractivity contribution in [1.29, 1.82) is 0 Å². The second-order valence-corrected chi connectivity index (χ2v) is 7.45. The Morgan fingerprint density at radius 3 is 2.61 bits per heavy atom. The van der Waals surface area contributed by atoms with E-state index < -0.39 is 0 Å². The molecule has 2 fully saturated rings. The highest BCUT2D eigenvalue weighted by molar-refractivity contribution is 5.05. The summed E-state index contributed by atoms with van der Waals surface area (Å²) in [7, 11) is 0. The Labute approximate surface area is 137 Å². The Morgan fingerprint density at radius 2 is 1.91 bits per heavy atom. The van der Waals surface area contributed by atoms with E-state index in [2.05, 4.69) is 28.9 Å². The molecule has 3 heterocycles. The number of hydrogen-bond donors (Lipinski definition) is 1.